The van der Waals surface area contributed by atoms with Crippen molar-refractivity contribution < 1.29 is 19.1 Å². The lowest BCUT2D eigenvalue weighted by Crippen LogP contribution is -2.10. The Morgan fingerprint density at radius 3 is 2.72 bits per heavy atom. The van der Waals surface area contributed by atoms with Crippen molar-refractivity contribution >= 4 is 5.97 Å². The summed E-state index contributed by atoms with van der Waals surface area (Å²) in [5.41, 5.74) is 0.834. The first-order valence-electron chi connectivity index (χ1n) is 5.46. The van der Waals surface area contributed by atoms with Crippen molar-refractivity contribution in [2.24, 2.45) is 0 Å². The van der Waals surface area contributed by atoms with Gasteiger partial charge in [0.1, 0.15) is 12.0 Å². The monoisotopic (exact) mass is 247 g/mol. The van der Waals surface area contributed by atoms with Crippen molar-refractivity contribution in [2.75, 3.05) is 7.11 Å². The second-order valence-electron chi connectivity index (χ2n) is 3.79. The number of hydrogen-bond donors (Lipinski definition) is 1. The second kappa shape index (κ2) is 5.35. The fraction of sp³-hybridized carbons (Fsp3) is 0.231. The maximum absolute atomic E-state index is 11.4. The highest BCUT2D eigenvalue weighted by molar-refractivity contribution is 5.71. The van der Waals surface area contributed by atoms with Crippen LogP contribution in [0.1, 0.15) is 23.8 Å². The number of aromatic nitrogens is 1. The normalized spacial score (nSPS) is 12.1. The number of benzene rings is 1. The summed E-state index contributed by atoms with van der Waals surface area (Å²) >= 11 is 0. The highest BCUT2D eigenvalue weighted by atomic mass is 16.5. The van der Waals surface area contributed by atoms with Gasteiger partial charge >= 0.3 is 5.97 Å². The van der Waals surface area contributed by atoms with Crippen molar-refractivity contribution in [2.45, 2.75) is 12.3 Å². The van der Waals surface area contributed by atoms with Crippen LogP contribution in [0.3, 0.4) is 0 Å². The Morgan fingerprint density at radius 1 is 1.44 bits per heavy atom. The lowest BCUT2D eigenvalue weighted by atomic mass is 9.95. The zero-order chi connectivity index (χ0) is 13.0. The van der Waals surface area contributed by atoms with Gasteiger partial charge in [0.15, 0.2) is 0 Å². The summed E-state index contributed by atoms with van der Waals surface area (Å²) in [6.45, 7) is 0. The summed E-state index contributed by atoms with van der Waals surface area (Å²) in [7, 11) is 1.34. The van der Waals surface area contributed by atoms with Crippen molar-refractivity contribution in [3.8, 4) is 5.75 Å². The highest BCUT2D eigenvalue weighted by Crippen LogP contribution is 2.28. The molecule has 5 nitrogen and oxygen atoms in total. The number of phenols is 1. The first-order chi connectivity index (χ1) is 8.70. The molecule has 1 heterocycles. The van der Waals surface area contributed by atoms with Crippen LogP contribution in [0.25, 0.3) is 0 Å². The van der Waals surface area contributed by atoms with Crippen LogP contribution in [0.2, 0.25) is 0 Å². The summed E-state index contributed by atoms with van der Waals surface area (Å²) in [4.78, 5) is 15.5. The number of carbonyl (C=O) groups is 1. The van der Waals surface area contributed by atoms with Crippen LogP contribution in [0, 0.1) is 0 Å². The van der Waals surface area contributed by atoms with Crippen molar-refractivity contribution in [3.05, 3.63) is 48.2 Å². The minimum Gasteiger partial charge on any atom is -0.508 e. The summed E-state index contributed by atoms with van der Waals surface area (Å²) in [5.74, 6) is -0.0339. The Morgan fingerprint density at radius 2 is 2.17 bits per heavy atom. The Hall–Kier alpha value is -2.30. The number of ether oxygens (including phenoxy) is 1. The number of carbonyl (C=O) groups excluding carboxylic acids is 1. The molecule has 0 aliphatic rings. The lowest BCUT2D eigenvalue weighted by Gasteiger charge is -2.12. The molecular formula is C13H13NO4. The molecule has 0 amide bonds. The fourth-order valence-electron chi connectivity index (χ4n) is 1.71. The van der Waals surface area contributed by atoms with Crippen LogP contribution in [0.4, 0.5) is 0 Å². The number of esters is 1. The molecule has 1 N–H and O–H groups in total. The number of aromatic hydroxyl groups is 1. The lowest BCUT2D eigenvalue weighted by molar-refractivity contribution is -0.140. The predicted octanol–water partition coefficient (Wildman–Crippen LogP) is 2.08. The van der Waals surface area contributed by atoms with Crippen LogP contribution in [0.5, 0.6) is 5.75 Å². The molecule has 0 saturated heterocycles. The molecule has 2 aromatic rings. The Balaban J connectivity index is 2.30. The number of nitrogens with zero attached hydrogens (tertiary/aromatic N) is 1. The van der Waals surface area contributed by atoms with Gasteiger partial charge in [0.05, 0.1) is 25.6 Å². The number of hydrogen-bond acceptors (Lipinski definition) is 5. The van der Waals surface area contributed by atoms with Gasteiger partial charge in [-0.2, -0.15) is 0 Å². The first-order valence-corrected chi connectivity index (χ1v) is 5.46. The molecule has 0 radical (unpaired) electrons. The third kappa shape index (κ3) is 2.68. The van der Waals surface area contributed by atoms with E-state index in [-0.39, 0.29) is 24.1 Å². The van der Waals surface area contributed by atoms with Gasteiger partial charge in [0.2, 0.25) is 5.89 Å². The summed E-state index contributed by atoms with van der Waals surface area (Å²) in [6.07, 6.45) is 3.13. The van der Waals surface area contributed by atoms with Crippen molar-refractivity contribution in [3.63, 3.8) is 0 Å². The molecule has 0 bridgehead atoms. The number of rotatable bonds is 4. The molecule has 0 saturated carbocycles. The van der Waals surface area contributed by atoms with E-state index >= 15 is 0 Å². The van der Waals surface area contributed by atoms with Crippen LogP contribution in [0.15, 0.2) is 41.1 Å². The van der Waals surface area contributed by atoms with Gasteiger partial charge in [0, 0.05) is 0 Å². The van der Waals surface area contributed by atoms with E-state index in [1.807, 2.05) is 0 Å². The molecule has 1 atom stereocenters. The largest absolute Gasteiger partial charge is 0.508 e. The van der Waals surface area contributed by atoms with E-state index in [9.17, 15) is 9.90 Å². The number of methoxy groups -OCH3 is 1. The van der Waals surface area contributed by atoms with E-state index in [1.165, 1.54) is 19.6 Å². The summed E-state index contributed by atoms with van der Waals surface area (Å²) in [6, 6.07) is 6.57. The van der Waals surface area contributed by atoms with E-state index in [1.54, 1.807) is 24.3 Å². The van der Waals surface area contributed by atoms with Gasteiger partial charge in [-0.1, -0.05) is 12.1 Å². The van der Waals surface area contributed by atoms with Gasteiger partial charge in [-0.15, -0.1) is 0 Å². The SMILES string of the molecule is COC(=O)C[C@@H](c1ccc(O)cc1)c1ncco1. The summed E-state index contributed by atoms with van der Waals surface area (Å²) < 4.78 is 9.91. The number of phenolic OH excluding ortho intramolecular Hbond substituents is 1. The molecule has 0 aliphatic heterocycles. The highest BCUT2D eigenvalue weighted by Gasteiger charge is 2.22. The predicted molar refractivity (Wildman–Crippen MR) is 63.1 cm³/mol. The average Bonchev–Trinajstić information content (AvgIpc) is 2.90. The summed E-state index contributed by atoms with van der Waals surface area (Å²) in [5, 5.41) is 9.27. The van der Waals surface area contributed by atoms with Gasteiger partial charge in [0.25, 0.3) is 0 Å². The van der Waals surface area contributed by atoms with Gasteiger partial charge in [-0.05, 0) is 17.7 Å². The molecule has 0 aliphatic carbocycles. The molecular weight excluding hydrogens is 234 g/mol. The van der Waals surface area contributed by atoms with Crippen LogP contribution in [-0.2, 0) is 9.53 Å². The maximum Gasteiger partial charge on any atom is 0.306 e. The van der Waals surface area contributed by atoms with Crippen LogP contribution in [-0.4, -0.2) is 23.2 Å². The third-order valence-corrected chi connectivity index (χ3v) is 2.64. The second-order valence-corrected chi connectivity index (χ2v) is 3.79. The molecule has 5 heteroatoms. The Kier molecular flexibility index (Phi) is 3.62. The standard InChI is InChI=1S/C13H13NO4/c1-17-12(16)8-11(13-14-6-7-18-13)9-2-4-10(15)5-3-9/h2-7,11,15H,8H2,1H3/t11-/m0/s1. The van der Waals surface area contributed by atoms with Gasteiger partial charge in [-0.3, -0.25) is 4.79 Å². The third-order valence-electron chi connectivity index (χ3n) is 2.64. The van der Waals surface area contributed by atoms with E-state index < -0.39 is 0 Å². The van der Waals surface area contributed by atoms with Gasteiger partial charge in [-0.25, -0.2) is 4.98 Å². The molecule has 18 heavy (non-hydrogen) atoms. The minimum absolute atomic E-state index is 0.141. The van der Waals surface area contributed by atoms with Crippen LogP contribution >= 0.6 is 0 Å². The molecule has 0 unspecified atom stereocenters. The molecule has 1 aromatic heterocycles. The molecule has 1 aromatic carbocycles. The van der Waals surface area contributed by atoms with Crippen molar-refractivity contribution in [1.82, 2.24) is 4.98 Å². The zero-order valence-corrected chi connectivity index (χ0v) is 9.87. The Labute approximate surface area is 104 Å². The smallest absolute Gasteiger partial charge is 0.306 e. The van der Waals surface area contributed by atoms with E-state index in [0.29, 0.717) is 5.89 Å². The molecule has 94 valence electrons. The van der Waals surface area contributed by atoms with Gasteiger partial charge < -0.3 is 14.3 Å². The van der Waals surface area contributed by atoms with Crippen molar-refractivity contribution in [1.29, 1.82) is 0 Å². The maximum atomic E-state index is 11.4. The Bertz CT molecular complexity index is 504. The van der Waals surface area contributed by atoms with E-state index in [2.05, 4.69) is 9.72 Å². The molecule has 0 fully saturated rings. The average molecular weight is 247 g/mol. The van der Waals surface area contributed by atoms with Crippen LogP contribution < -0.4 is 0 Å². The number of oxazole rings is 1. The molecule has 2 rings (SSSR count). The fourth-order valence-corrected chi connectivity index (χ4v) is 1.71. The minimum atomic E-state index is -0.341. The molecule has 0 spiro atoms. The van der Waals surface area contributed by atoms with E-state index in [4.69, 9.17) is 4.42 Å². The van der Waals surface area contributed by atoms with E-state index in [0.717, 1.165) is 5.56 Å². The first kappa shape index (κ1) is 12.2. The quantitative estimate of drug-likeness (QED) is 0.837. The zero-order valence-electron chi connectivity index (χ0n) is 9.87. The topological polar surface area (TPSA) is 72.6 Å².